The zero-order valence-corrected chi connectivity index (χ0v) is 18.7. The number of carbonyl (C=O) groups is 2. The zero-order valence-electron chi connectivity index (χ0n) is 18.7. The van der Waals surface area contributed by atoms with Gasteiger partial charge >= 0.3 is 0 Å². The van der Waals surface area contributed by atoms with Gasteiger partial charge < -0.3 is 16.0 Å². The summed E-state index contributed by atoms with van der Waals surface area (Å²) >= 11 is 0. The van der Waals surface area contributed by atoms with Crippen LogP contribution in [0.25, 0.3) is 0 Å². The van der Waals surface area contributed by atoms with Gasteiger partial charge in [0, 0.05) is 49.7 Å². The van der Waals surface area contributed by atoms with Crippen molar-refractivity contribution < 1.29 is 9.59 Å². The molecule has 1 aliphatic carbocycles. The first-order valence-electron chi connectivity index (χ1n) is 11.8. The third-order valence-corrected chi connectivity index (χ3v) is 7.23. The van der Waals surface area contributed by atoms with Crippen molar-refractivity contribution >= 4 is 23.1 Å². The molecular weight excluding hydrogens is 400 g/mol. The molecule has 32 heavy (non-hydrogen) atoms. The number of nitrogens with one attached hydrogen (secondary N) is 2. The van der Waals surface area contributed by atoms with Crippen LogP contribution in [-0.2, 0) is 16.0 Å². The molecule has 2 atom stereocenters. The molecule has 2 heterocycles. The van der Waals surface area contributed by atoms with E-state index in [-0.39, 0.29) is 17.5 Å². The number of benzene rings is 1. The number of likely N-dealkylation sites (tertiary alicyclic amines) is 1. The molecule has 0 aromatic heterocycles. The monoisotopic (exact) mass is 434 g/mol. The van der Waals surface area contributed by atoms with E-state index >= 15 is 0 Å². The highest BCUT2D eigenvalue weighted by Crippen LogP contribution is 2.38. The Balaban J connectivity index is 1.35. The number of para-hydroxylation sites is 1. The summed E-state index contributed by atoms with van der Waals surface area (Å²) in [4.78, 5) is 27.4. The molecule has 4 N–H and O–H groups in total. The van der Waals surface area contributed by atoms with Gasteiger partial charge in [-0.1, -0.05) is 49.3 Å². The van der Waals surface area contributed by atoms with Crippen LogP contribution in [0.3, 0.4) is 0 Å². The summed E-state index contributed by atoms with van der Waals surface area (Å²) in [6.45, 7) is 3.44. The smallest absolute Gasteiger partial charge is 0.176 e. The standard InChI is InChI=1S/C26H34N4O2/c27-25(28)26(12-4-1-5-14-30-15-10-21(31)11-16-30)13-6-8-22(24(26)32)20-17-19-7-2-3-9-23(19)29-18-20/h2-3,6-9,13,20,29H,1,4-5,10-12,14-18H2,(H3,27,28). The van der Waals surface area contributed by atoms with Crippen molar-refractivity contribution in [2.75, 3.05) is 31.5 Å². The third kappa shape index (κ3) is 4.70. The van der Waals surface area contributed by atoms with E-state index in [1.54, 1.807) is 0 Å². The molecule has 1 aromatic carbocycles. The van der Waals surface area contributed by atoms with Crippen molar-refractivity contribution in [3.63, 3.8) is 0 Å². The Hall–Kier alpha value is -2.73. The van der Waals surface area contributed by atoms with E-state index in [2.05, 4.69) is 22.3 Å². The molecule has 6 heteroatoms. The lowest BCUT2D eigenvalue weighted by Crippen LogP contribution is -2.46. The molecule has 1 aromatic rings. The van der Waals surface area contributed by atoms with Gasteiger partial charge in [0.15, 0.2) is 5.78 Å². The Morgan fingerprint density at radius 2 is 1.94 bits per heavy atom. The number of rotatable bonds is 8. The van der Waals surface area contributed by atoms with Gasteiger partial charge in [-0.2, -0.15) is 0 Å². The molecular formula is C26H34N4O2. The summed E-state index contributed by atoms with van der Waals surface area (Å²) in [6, 6.07) is 8.23. The Morgan fingerprint density at radius 1 is 1.16 bits per heavy atom. The molecule has 2 aliphatic heterocycles. The van der Waals surface area contributed by atoms with Crippen molar-refractivity contribution in [2.24, 2.45) is 17.1 Å². The van der Waals surface area contributed by atoms with Gasteiger partial charge in [-0.25, -0.2) is 0 Å². The number of piperidine rings is 1. The predicted octanol–water partition coefficient (Wildman–Crippen LogP) is 3.48. The normalized spacial score (nSPS) is 25.8. The second-order valence-corrected chi connectivity index (χ2v) is 9.33. The van der Waals surface area contributed by atoms with Crippen LogP contribution in [0.5, 0.6) is 0 Å². The van der Waals surface area contributed by atoms with E-state index in [1.807, 2.05) is 30.4 Å². The van der Waals surface area contributed by atoms with E-state index in [0.717, 1.165) is 63.1 Å². The van der Waals surface area contributed by atoms with Crippen LogP contribution in [0, 0.1) is 16.7 Å². The summed E-state index contributed by atoms with van der Waals surface area (Å²) in [7, 11) is 0. The molecule has 0 bridgehead atoms. The van der Waals surface area contributed by atoms with E-state index in [9.17, 15) is 9.59 Å². The maximum Gasteiger partial charge on any atom is 0.176 e. The van der Waals surface area contributed by atoms with Crippen LogP contribution in [0.4, 0.5) is 5.69 Å². The van der Waals surface area contributed by atoms with Crippen LogP contribution in [-0.4, -0.2) is 48.5 Å². The van der Waals surface area contributed by atoms with Crippen molar-refractivity contribution in [1.82, 2.24) is 4.90 Å². The topological polar surface area (TPSA) is 99.3 Å². The second-order valence-electron chi connectivity index (χ2n) is 9.33. The fraction of sp³-hybridized carbons (Fsp3) is 0.500. The second kappa shape index (κ2) is 9.82. The first-order valence-corrected chi connectivity index (χ1v) is 11.8. The number of Topliss-reactive ketones (excluding diaryl/α,β-unsaturated/α-hetero) is 2. The number of carbonyl (C=O) groups excluding carboxylic acids is 2. The highest BCUT2D eigenvalue weighted by atomic mass is 16.1. The van der Waals surface area contributed by atoms with Gasteiger partial charge in [-0.3, -0.25) is 15.0 Å². The minimum Gasteiger partial charge on any atom is -0.387 e. The third-order valence-electron chi connectivity index (χ3n) is 7.23. The number of allylic oxidation sites excluding steroid dienone is 2. The van der Waals surface area contributed by atoms with Gasteiger partial charge in [-0.15, -0.1) is 0 Å². The molecule has 2 unspecified atom stereocenters. The molecule has 1 fully saturated rings. The van der Waals surface area contributed by atoms with Gasteiger partial charge in [-0.05, 0) is 37.4 Å². The quantitative estimate of drug-likeness (QED) is 0.330. The number of anilines is 1. The molecule has 170 valence electrons. The Labute approximate surface area is 190 Å². The lowest BCUT2D eigenvalue weighted by molar-refractivity contribution is -0.121. The Kier molecular flexibility index (Phi) is 6.89. The fourth-order valence-electron chi connectivity index (χ4n) is 5.19. The number of nitrogens with zero attached hydrogens (tertiary/aromatic N) is 1. The summed E-state index contributed by atoms with van der Waals surface area (Å²) < 4.78 is 0. The highest BCUT2D eigenvalue weighted by molar-refractivity contribution is 6.17. The summed E-state index contributed by atoms with van der Waals surface area (Å²) in [6.07, 6.45) is 11.3. The molecule has 0 amide bonds. The minimum absolute atomic E-state index is 0.00627. The number of hydrogen-bond donors (Lipinski definition) is 3. The number of unbranched alkanes of at least 4 members (excludes halogenated alkanes) is 2. The molecule has 0 saturated carbocycles. The van der Waals surface area contributed by atoms with Crippen LogP contribution < -0.4 is 11.1 Å². The van der Waals surface area contributed by atoms with Crippen LogP contribution >= 0.6 is 0 Å². The SMILES string of the molecule is N=C(N)C1(CCCCCN2CCC(=O)CC2)C=CC=C(C2CNc3ccccc3C2)C1=O. The van der Waals surface area contributed by atoms with Gasteiger partial charge in [0.2, 0.25) is 0 Å². The highest BCUT2D eigenvalue weighted by Gasteiger charge is 2.43. The van der Waals surface area contributed by atoms with Crippen molar-refractivity contribution in [2.45, 2.75) is 44.9 Å². The average molecular weight is 435 g/mol. The largest absolute Gasteiger partial charge is 0.387 e. The van der Waals surface area contributed by atoms with Gasteiger partial charge in [0.05, 0.1) is 0 Å². The number of fused-ring (bicyclic) bond motifs is 1. The molecule has 1 saturated heterocycles. The molecule has 3 aliphatic rings. The van der Waals surface area contributed by atoms with Crippen LogP contribution in [0.1, 0.15) is 44.1 Å². The van der Waals surface area contributed by atoms with Crippen molar-refractivity contribution in [1.29, 1.82) is 5.41 Å². The zero-order chi connectivity index (χ0) is 22.6. The summed E-state index contributed by atoms with van der Waals surface area (Å²) in [5.74, 6) is 0.395. The van der Waals surface area contributed by atoms with Gasteiger partial charge in [0.25, 0.3) is 0 Å². The number of amidine groups is 1. The van der Waals surface area contributed by atoms with E-state index in [4.69, 9.17) is 11.1 Å². The predicted molar refractivity (Wildman–Crippen MR) is 128 cm³/mol. The van der Waals surface area contributed by atoms with Gasteiger partial charge in [0.1, 0.15) is 17.0 Å². The molecule has 4 rings (SSSR count). The Bertz CT molecular complexity index is 941. The van der Waals surface area contributed by atoms with Crippen LogP contribution in [0.15, 0.2) is 48.1 Å². The van der Waals surface area contributed by atoms with Crippen molar-refractivity contribution in [3.8, 4) is 0 Å². The lowest BCUT2D eigenvalue weighted by Gasteiger charge is -2.35. The molecule has 0 spiro atoms. The number of ketones is 2. The average Bonchev–Trinajstić information content (AvgIpc) is 2.80. The first kappa shape index (κ1) is 22.5. The minimum atomic E-state index is -1.02. The maximum absolute atomic E-state index is 13.6. The number of nitrogens with two attached hydrogens (primary N) is 1. The fourth-order valence-corrected chi connectivity index (χ4v) is 5.19. The number of hydrogen-bond acceptors (Lipinski definition) is 5. The Morgan fingerprint density at radius 3 is 2.72 bits per heavy atom. The maximum atomic E-state index is 13.6. The summed E-state index contributed by atoms with van der Waals surface area (Å²) in [5.41, 5.74) is 8.16. The molecule has 6 nitrogen and oxygen atoms in total. The molecule has 0 radical (unpaired) electrons. The van der Waals surface area contributed by atoms with Crippen molar-refractivity contribution in [3.05, 3.63) is 53.6 Å². The lowest BCUT2D eigenvalue weighted by atomic mass is 9.69. The summed E-state index contributed by atoms with van der Waals surface area (Å²) in [5, 5.41) is 11.7. The van der Waals surface area contributed by atoms with E-state index in [1.165, 1.54) is 5.56 Å². The van der Waals surface area contributed by atoms with Crippen LogP contribution in [0.2, 0.25) is 0 Å². The van der Waals surface area contributed by atoms with E-state index in [0.29, 0.717) is 25.0 Å². The first-order chi connectivity index (χ1) is 15.5. The van der Waals surface area contributed by atoms with E-state index < -0.39 is 5.41 Å².